The highest BCUT2D eigenvalue weighted by Gasteiger charge is 2.10. The van der Waals surface area contributed by atoms with Crippen molar-refractivity contribution in [2.45, 2.75) is 20.5 Å². The topological polar surface area (TPSA) is 67.0 Å². The molecule has 0 saturated carbocycles. The first-order valence-electron chi connectivity index (χ1n) is 6.75. The number of carbonyl (C=O) groups is 1. The molecule has 5 nitrogen and oxygen atoms in total. The van der Waals surface area contributed by atoms with Crippen LogP contribution in [0.3, 0.4) is 0 Å². The molecule has 0 aliphatic heterocycles. The summed E-state index contributed by atoms with van der Waals surface area (Å²) in [5, 5.41) is 9.44. The van der Waals surface area contributed by atoms with Gasteiger partial charge in [0, 0.05) is 12.6 Å². The number of amides is 1. The Labute approximate surface area is 122 Å². The number of nitrogens with zero attached hydrogens (tertiary/aromatic N) is 1. The van der Waals surface area contributed by atoms with Gasteiger partial charge in [-0.3, -0.25) is 9.89 Å². The fourth-order valence-electron chi connectivity index (χ4n) is 1.66. The Morgan fingerprint density at radius 2 is 2.24 bits per heavy atom. The second kappa shape index (κ2) is 6.88. The molecule has 0 aliphatic rings. The molecule has 0 saturated heterocycles. The molecule has 1 heterocycles. The lowest BCUT2D eigenvalue weighted by Crippen LogP contribution is -2.27. The minimum absolute atomic E-state index is 0.188. The number of aromatic amines is 1. The smallest absolute Gasteiger partial charge is 0.271 e. The van der Waals surface area contributed by atoms with Gasteiger partial charge in [0.2, 0.25) is 0 Å². The van der Waals surface area contributed by atoms with Crippen LogP contribution in [0.2, 0.25) is 0 Å². The average Bonchev–Trinajstić information content (AvgIpc) is 2.91. The molecule has 0 unspecified atom stereocenters. The Morgan fingerprint density at radius 3 is 2.95 bits per heavy atom. The third-order valence-electron chi connectivity index (χ3n) is 2.72. The summed E-state index contributed by atoms with van der Waals surface area (Å²) in [5.74, 6) is 0.224. The highest BCUT2D eigenvalue weighted by atomic mass is 19.1. The van der Waals surface area contributed by atoms with E-state index in [0.717, 1.165) is 0 Å². The zero-order chi connectivity index (χ0) is 15.2. The van der Waals surface area contributed by atoms with Gasteiger partial charge in [0.05, 0.1) is 5.69 Å². The molecule has 6 heteroatoms. The van der Waals surface area contributed by atoms with Crippen molar-refractivity contribution in [1.29, 1.82) is 0 Å². The number of benzene rings is 1. The van der Waals surface area contributed by atoms with Crippen LogP contribution in [0.4, 0.5) is 4.39 Å². The van der Waals surface area contributed by atoms with Crippen LogP contribution in [0.1, 0.15) is 30.0 Å². The summed E-state index contributed by atoms with van der Waals surface area (Å²) >= 11 is 0. The van der Waals surface area contributed by atoms with Gasteiger partial charge in [-0.2, -0.15) is 5.10 Å². The molecular weight excluding hydrogens is 273 g/mol. The summed E-state index contributed by atoms with van der Waals surface area (Å²) in [4.78, 5) is 11.8. The molecule has 0 bridgehead atoms. The van der Waals surface area contributed by atoms with E-state index in [1.165, 1.54) is 12.1 Å². The normalized spacial score (nSPS) is 10.7. The largest absolute Gasteiger partial charge is 0.487 e. The lowest BCUT2D eigenvalue weighted by Gasteiger charge is -2.05. The highest BCUT2D eigenvalue weighted by Crippen LogP contribution is 2.13. The molecule has 21 heavy (non-hydrogen) atoms. The van der Waals surface area contributed by atoms with Crippen LogP contribution < -0.4 is 10.1 Å². The molecule has 1 aromatic heterocycles. The quantitative estimate of drug-likeness (QED) is 0.859. The van der Waals surface area contributed by atoms with Gasteiger partial charge in [0.1, 0.15) is 23.9 Å². The fourth-order valence-corrected chi connectivity index (χ4v) is 1.66. The number of rotatable bonds is 6. The second-order valence-electron chi connectivity index (χ2n) is 5.13. The van der Waals surface area contributed by atoms with E-state index in [2.05, 4.69) is 15.5 Å². The van der Waals surface area contributed by atoms with E-state index in [-0.39, 0.29) is 18.3 Å². The summed E-state index contributed by atoms with van der Waals surface area (Å²) in [6, 6.07) is 7.50. The molecular formula is C15H18FN3O2. The number of carbonyl (C=O) groups excluding carboxylic acids is 1. The van der Waals surface area contributed by atoms with Crippen molar-refractivity contribution >= 4 is 5.91 Å². The molecule has 0 fully saturated rings. The summed E-state index contributed by atoms with van der Waals surface area (Å²) in [6.07, 6.45) is 0. The Hall–Kier alpha value is -2.37. The zero-order valence-electron chi connectivity index (χ0n) is 12.0. The Balaban J connectivity index is 1.89. The van der Waals surface area contributed by atoms with Crippen molar-refractivity contribution < 1.29 is 13.9 Å². The molecule has 1 amide bonds. The van der Waals surface area contributed by atoms with Crippen molar-refractivity contribution in [3.63, 3.8) is 0 Å². The van der Waals surface area contributed by atoms with Gasteiger partial charge >= 0.3 is 0 Å². The number of halogens is 1. The number of hydrogen-bond acceptors (Lipinski definition) is 3. The van der Waals surface area contributed by atoms with Gasteiger partial charge in [-0.05, 0) is 24.1 Å². The molecule has 0 spiro atoms. The van der Waals surface area contributed by atoms with Gasteiger partial charge in [-0.1, -0.05) is 19.9 Å². The van der Waals surface area contributed by atoms with Gasteiger partial charge in [0.15, 0.2) is 0 Å². The first-order chi connectivity index (χ1) is 10.0. The minimum atomic E-state index is -0.356. The van der Waals surface area contributed by atoms with E-state index in [1.807, 2.05) is 13.8 Å². The number of aromatic nitrogens is 2. The second-order valence-corrected chi connectivity index (χ2v) is 5.13. The van der Waals surface area contributed by atoms with E-state index < -0.39 is 0 Å². The van der Waals surface area contributed by atoms with Crippen LogP contribution >= 0.6 is 0 Å². The predicted molar refractivity (Wildman–Crippen MR) is 76.5 cm³/mol. The maximum Gasteiger partial charge on any atom is 0.271 e. The fraction of sp³-hybridized carbons (Fsp3) is 0.333. The van der Waals surface area contributed by atoms with Crippen LogP contribution in [-0.2, 0) is 6.61 Å². The van der Waals surface area contributed by atoms with E-state index in [1.54, 1.807) is 18.2 Å². The molecule has 1 aromatic carbocycles. The van der Waals surface area contributed by atoms with E-state index in [9.17, 15) is 9.18 Å². The molecule has 0 radical (unpaired) electrons. The monoisotopic (exact) mass is 291 g/mol. The Morgan fingerprint density at radius 1 is 1.43 bits per heavy atom. The summed E-state index contributed by atoms with van der Waals surface area (Å²) in [7, 11) is 0. The average molecular weight is 291 g/mol. The maximum atomic E-state index is 13.0. The van der Waals surface area contributed by atoms with Crippen molar-refractivity contribution in [3.05, 3.63) is 47.5 Å². The first kappa shape index (κ1) is 15.0. The molecule has 2 rings (SSSR count). The third kappa shape index (κ3) is 4.59. The van der Waals surface area contributed by atoms with Crippen molar-refractivity contribution in [1.82, 2.24) is 15.5 Å². The van der Waals surface area contributed by atoms with E-state index in [4.69, 9.17) is 4.74 Å². The lowest BCUT2D eigenvalue weighted by atomic mass is 10.2. The summed E-state index contributed by atoms with van der Waals surface area (Å²) in [5.41, 5.74) is 0.961. The van der Waals surface area contributed by atoms with Gasteiger partial charge in [0.25, 0.3) is 5.91 Å². The highest BCUT2D eigenvalue weighted by molar-refractivity contribution is 5.92. The molecule has 112 valence electrons. The van der Waals surface area contributed by atoms with Crippen molar-refractivity contribution in [2.24, 2.45) is 5.92 Å². The summed E-state index contributed by atoms with van der Waals surface area (Å²) in [6.45, 7) is 4.82. The van der Waals surface area contributed by atoms with Crippen LogP contribution in [0.15, 0.2) is 30.3 Å². The molecule has 2 N–H and O–H groups in total. The lowest BCUT2D eigenvalue weighted by molar-refractivity contribution is 0.0944. The number of nitrogens with one attached hydrogen (secondary N) is 2. The summed E-state index contributed by atoms with van der Waals surface area (Å²) < 4.78 is 18.4. The van der Waals surface area contributed by atoms with Crippen LogP contribution in [-0.4, -0.2) is 22.6 Å². The van der Waals surface area contributed by atoms with Crippen molar-refractivity contribution in [3.8, 4) is 5.75 Å². The van der Waals surface area contributed by atoms with Gasteiger partial charge in [-0.15, -0.1) is 0 Å². The molecule has 0 atom stereocenters. The third-order valence-corrected chi connectivity index (χ3v) is 2.72. The van der Waals surface area contributed by atoms with Gasteiger partial charge < -0.3 is 10.1 Å². The van der Waals surface area contributed by atoms with E-state index >= 15 is 0 Å². The Kier molecular flexibility index (Phi) is 4.92. The first-order valence-corrected chi connectivity index (χ1v) is 6.75. The predicted octanol–water partition coefficient (Wildman–Crippen LogP) is 2.51. The standard InChI is InChI=1S/C15H18FN3O2/c1-10(2)8-17-15(20)14-7-12(18-19-14)9-21-13-5-3-4-11(16)6-13/h3-7,10H,8-9H2,1-2H3,(H,17,20)(H,18,19). The number of hydrogen-bond donors (Lipinski definition) is 2. The molecule has 2 aromatic rings. The molecule has 0 aliphatic carbocycles. The zero-order valence-corrected chi connectivity index (χ0v) is 12.0. The SMILES string of the molecule is CC(C)CNC(=O)c1cc(COc2cccc(F)c2)[nH]n1. The maximum absolute atomic E-state index is 13.0. The van der Waals surface area contributed by atoms with Crippen LogP contribution in [0.25, 0.3) is 0 Å². The number of ether oxygens (including phenoxy) is 1. The van der Waals surface area contributed by atoms with Crippen LogP contribution in [0.5, 0.6) is 5.75 Å². The van der Waals surface area contributed by atoms with Crippen LogP contribution in [0, 0.1) is 11.7 Å². The van der Waals surface area contributed by atoms with Crippen molar-refractivity contribution in [2.75, 3.05) is 6.54 Å². The van der Waals surface area contributed by atoms with Gasteiger partial charge in [-0.25, -0.2) is 4.39 Å². The Bertz CT molecular complexity index is 610. The minimum Gasteiger partial charge on any atom is -0.487 e. The van der Waals surface area contributed by atoms with E-state index in [0.29, 0.717) is 29.6 Å². The number of H-pyrrole nitrogens is 1.